The Kier molecular flexibility index (Phi) is 5.73. The molecule has 28 heavy (non-hydrogen) atoms. The fraction of sp³-hybridized carbons (Fsp3) is 0.391. The lowest BCUT2D eigenvalue weighted by Gasteiger charge is -2.23. The van der Waals surface area contributed by atoms with E-state index in [9.17, 15) is 9.59 Å². The van der Waals surface area contributed by atoms with Gasteiger partial charge in [-0.05, 0) is 54.5 Å². The number of hydrogen-bond acceptors (Lipinski definition) is 3. The molecular weight excluding hydrogens is 350 g/mol. The summed E-state index contributed by atoms with van der Waals surface area (Å²) in [6.07, 6.45) is 1.94. The van der Waals surface area contributed by atoms with Crippen molar-refractivity contribution in [3.05, 3.63) is 53.6 Å². The molecule has 1 saturated carbocycles. The molecule has 0 unspecified atom stereocenters. The molecule has 5 nitrogen and oxygen atoms in total. The molecular formula is C23H29N3O2. The Labute approximate surface area is 166 Å². The minimum Gasteiger partial charge on any atom is -0.376 e. The minimum absolute atomic E-state index is 0.0536. The quantitative estimate of drug-likeness (QED) is 0.682. The Hall–Kier alpha value is -2.82. The molecule has 1 aliphatic carbocycles. The molecule has 0 heterocycles. The molecule has 0 saturated heterocycles. The maximum atomic E-state index is 12.5. The van der Waals surface area contributed by atoms with E-state index in [0.717, 1.165) is 41.0 Å². The van der Waals surface area contributed by atoms with Crippen molar-refractivity contribution in [2.75, 3.05) is 22.5 Å². The first-order valence-corrected chi connectivity index (χ1v) is 9.79. The molecule has 0 radical (unpaired) electrons. The van der Waals surface area contributed by atoms with E-state index in [0.29, 0.717) is 0 Å². The fourth-order valence-electron chi connectivity index (χ4n) is 3.10. The maximum absolute atomic E-state index is 12.5. The van der Waals surface area contributed by atoms with Gasteiger partial charge in [0.1, 0.15) is 0 Å². The van der Waals surface area contributed by atoms with Gasteiger partial charge in [0.2, 0.25) is 11.8 Å². The number of carbonyl (C=O) groups excluding carboxylic acids is 2. The van der Waals surface area contributed by atoms with Crippen LogP contribution in [0.4, 0.5) is 17.1 Å². The highest BCUT2D eigenvalue weighted by Crippen LogP contribution is 2.31. The first kappa shape index (κ1) is 19.9. The molecule has 1 fully saturated rings. The zero-order chi connectivity index (χ0) is 20.3. The van der Waals surface area contributed by atoms with E-state index in [1.165, 1.54) is 0 Å². The maximum Gasteiger partial charge on any atom is 0.243 e. The van der Waals surface area contributed by atoms with Gasteiger partial charge in [-0.1, -0.05) is 45.0 Å². The molecule has 148 valence electrons. The summed E-state index contributed by atoms with van der Waals surface area (Å²) in [5.74, 6) is 0.126. The van der Waals surface area contributed by atoms with Crippen LogP contribution in [0.1, 0.15) is 44.7 Å². The van der Waals surface area contributed by atoms with Crippen LogP contribution in [0.5, 0.6) is 0 Å². The van der Waals surface area contributed by atoms with Crippen molar-refractivity contribution in [1.29, 1.82) is 0 Å². The summed E-state index contributed by atoms with van der Waals surface area (Å²) in [7, 11) is 0. The fourth-order valence-corrected chi connectivity index (χ4v) is 3.10. The molecule has 0 spiro atoms. The Bertz CT molecular complexity index is 880. The second-order valence-electron chi connectivity index (χ2n) is 8.49. The van der Waals surface area contributed by atoms with E-state index in [1.807, 2.05) is 49.4 Å². The number of carbonyl (C=O) groups is 2. The second kappa shape index (κ2) is 8.05. The van der Waals surface area contributed by atoms with Gasteiger partial charge in [-0.2, -0.15) is 0 Å². The minimum atomic E-state index is -0.108. The van der Waals surface area contributed by atoms with Crippen LogP contribution in [0.25, 0.3) is 0 Å². The van der Waals surface area contributed by atoms with Gasteiger partial charge < -0.3 is 16.0 Å². The Balaban J connectivity index is 1.62. The molecule has 2 amide bonds. The molecule has 0 bridgehead atoms. The predicted octanol–water partition coefficient (Wildman–Crippen LogP) is 4.69. The third-order valence-corrected chi connectivity index (χ3v) is 4.90. The zero-order valence-corrected chi connectivity index (χ0v) is 17.1. The summed E-state index contributed by atoms with van der Waals surface area (Å²) < 4.78 is 0. The predicted molar refractivity (Wildman–Crippen MR) is 115 cm³/mol. The van der Waals surface area contributed by atoms with Crippen molar-refractivity contribution in [1.82, 2.24) is 0 Å². The van der Waals surface area contributed by atoms with Crippen LogP contribution in [0, 0.1) is 12.8 Å². The van der Waals surface area contributed by atoms with Crippen LogP contribution in [0.15, 0.2) is 42.5 Å². The van der Waals surface area contributed by atoms with Gasteiger partial charge >= 0.3 is 0 Å². The third-order valence-electron chi connectivity index (χ3n) is 4.90. The molecule has 1 aliphatic rings. The van der Waals surface area contributed by atoms with Crippen molar-refractivity contribution >= 4 is 28.9 Å². The number of rotatable bonds is 6. The van der Waals surface area contributed by atoms with E-state index >= 15 is 0 Å². The van der Waals surface area contributed by atoms with Crippen LogP contribution in [-0.2, 0) is 15.0 Å². The monoisotopic (exact) mass is 379 g/mol. The van der Waals surface area contributed by atoms with E-state index in [4.69, 9.17) is 0 Å². The topological polar surface area (TPSA) is 70.2 Å². The number of aryl methyl sites for hydroxylation is 1. The second-order valence-corrected chi connectivity index (χ2v) is 8.49. The van der Waals surface area contributed by atoms with Crippen molar-refractivity contribution in [3.8, 4) is 0 Å². The van der Waals surface area contributed by atoms with E-state index in [-0.39, 0.29) is 29.7 Å². The van der Waals surface area contributed by atoms with Gasteiger partial charge in [0.25, 0.3) is 0 Å². The largest absolute Gasteiger partial charge is 0.376 e. The molecule has 2 aromatic rings. The van der Waals surface area contributed by atoms with Gasteiger partial charge in [-0.3, -0.25) is 9.59 Å². The van der Waals surface area contributed by atoms with Crippen molar-refractivity contribution in [3.63, 3.8) is 0 Å². The average molecular weight is 380 g/mol. The van der Waals surface area contributed by atoms with E-state index in [2.05, 4.69) is 36.7 Å². The number of nitrogens with one attached hydrogen (secondary N) is 3. The third kappa shape index (κ3) is 5.12. The van der Waals surface area contributed by atoms with Gasteiger partial charge in [0, 0.05) is 23.0 Å². The number of para-hydroxylation sites is 1. The van der Waals surface area contributed by atoms with Gasteiger partial charge in [-0.25, -0.2) is 0 Å². The first-order valence-electron chi connectivity index (χ1n) is 9.79. The summed E-state index contributed by atoms with van der Waals surface area (Å²) in [5.41, 5.74) is 4.50. The SMILES string of the molecule is Cc1ccc(NC(=O)C2CC2)cc1NCC(=O)Nc1ccccc1C(C)(C)C. The summed E-state index contributed by atoms with van der Waals surface area (Å²) in [5, 5.41) is 9.14. The summed E-state index contributed by atoms with van der Waals surface area (Å²) in [6, 6.07) is 13.6. The highest BCUT2D eigenvalue weighted by Gasteiger charge is 2.29. The van der Waals surface area contributed by atoms with Gasteiger partial charge in [0.15, 0.2) is 0 Å². The molecule has 0 aromatic heterocycles. The van der Waals surface area contributed by atoms with Crippen LogP contribution < -0.4 is 16.0 Å². The highest BCUT2D eigenvalue weighted by atomic mass is 16.2. The molecule has 0 aliphatic heterocycles. The summed E-state index contributed by atoms with van der Waals surface area (Å²) in [6.45, 7) is 8.50. The lowest BCUT2D eigenvalue weighted by molar-refractivity contribution is -0.117. The number of amides is 2. The Morgan fingerprint density at radius 2 is 1.71 bits per heavy atom. The molecule has 3 rings (SSSR count). The normalized spacial score (nSPS) is 13.7. The van der Waals surface area contributed by atoms with E-state index in [1.54, 1.807) is 0 Å². The van der Waals surface area contributed by atoms with Crippen LogP contribution in [0.3, 0.4) is 0 Å². The first-order chi connectivity index (χ1) is 13.2. The molecule has 2 aromatic carbocycles. The number of benzene rings is 2. The Morgan fingerprint density at radius 1 is 1.00 bits per heavy atom. The summed E-state index contributed by atoms with van der Waals surface area (Å²) >= 11 is 0. The van der Waals surface area contributed by atoms with Gasteiger partial charge in [0.05, 0.1) is 6.54 Å². The molecule has 5 heteroatoms. The van der Waals surface area contributed by atoms with Crippen LogP contribution in [-0.4, -0.2) is 18.4 Å². The van der Waals surface area contributed by atoms with Crippen LogP contribution >= 0.6 is 0 Å². The smallest absolute Gasteiger partial charge is 0.243 e. The molecule has 0 atom stereocenters. The standard InChI is InChI=1S/C23H29N3O2/c1-15-9-12-17(25-22(28)16-10-11-16)13-20(15)24-14-21(27)26-19-8-6-5-7-18(19)23(2,3)4/h5-9,12-13,16,24H,10-11,14H2,1-4H3,(H,25,28)(H,26,27). The van der Waals surface area contributed by atoms with E-state index < -0.39 is 0 Å². The Morgan fingerprint density at radius 3 is 2.39 bits per heavy atom. The number of anilines is 3. The average Bonchev–Trinajstić information content (AvgIpc) is 3.47. The molecule has 3 N–H and O–H groups in total. The summed E-state index contributed by atoms with van der Waals surface area (Å²) in [4.78, 5) is 24.5. The van der Waals surface area contributed by atoms with Crippen LogP contribution in [0.2, 0.25) is 0 Å². The van der Waals surface area contributed by atoms with Crippen molar-refractivity contribution in [2.24, 2.45) is 5.92 Å². The van der Waals surface area contributed by atoms with Crippen molar-refractivity contribution < 1.29 is 9.59 Å². The van der Waals surface area contributed by atoms with Crippen molar-refractivity contribution in [2.45, 2.75) is 46.0 Å². The lowest BCUT2D eigenvalue weighted by atomic mass is 9.86. The zero-order valence-electron chi connectivity index (χ0n) is 17.1. The van der Waals surface area contributed by atoms with Gasteiger partial charge in [-0.15, -0.1) is 0 Å². The lowest BCUT2D eigenvalue weighted by Crippen LogP contribution is -2.24. The highest BCUT2D eigenvalue weighted by molar-refractivity contribution is 5.96. The number of hydrogen-bond donors (Lipinski definition) is 3.